The predicted octanol–water partition coefficient (Wildman–Crippen LogP) is 3.97. The van der Waals surface area contributed by atoms with Crippen LogP contribution in [0.5, 0.6) is 5.75 Å². The summed E-state index contributed by atoms with van der Waals surface area (Å²) in [6.45, 7) is 3.48. The van der Waals surface area contributed by atoms with Crippen LogP contribution in [0.4, 0.5) is 10.1 Å². The number of anilines is 1. The molecule has 0 bridgehead atoms. The number of nitrogens with zero attached hydrogens (tertiary/aromatic N) is 2. The summed E-state index contributed by atoms with van der Waals surface area (Å²) in [6, 6.07) is 18.9. The molecule has 1 N–H and O–H groups in total. The molecule has 2 amide bonds. The van der Waals surface area contributed by atoms with Crippen LogP contribution in [0.3, 0.4) is 0 Å². The number of carbonyl (C=O) groups is 2. The van der Waals surface area contributed by atoms with Crippen LogP contribution in [0, 0.1) is 5.82 Å². The van der Waals surface area contributed by atoms with Crippen LogP contribution in [0.25, 0.3) is 0 Å². The molecule has 3 aromatic rings. The number of hydrogen-bond donors (Lipinski definition) is 1. The number of carbonyl (C=O) groups excluding carboxylic acids is 2. The summed E-state index contributed by atoms with van der Waals surface area (Å²) in [7, 11) is -2.68. The van der Waals surface area contributed by atoms with E-state index in [4.69, 9.17) is 4.74 Å². The van der Waals surface area contributed by atoms with Crippen LogP contribution in [0.15, 0.2) is 83.8 Å². The normalized spacial score (nSPS) is 11.9. The van der Waals surface area contributed by atoms with Gasteiger partial charge in [0.1, 0.15) is 24.2 Å². The van der Waals surface area contributed by atoms with Crippen LogP contribution < -0.4 is 14.4 Å². The number of ether oxygens (including phenoxy) is 1. The molecule has 10 heteroatoms. The second kappa shape index (κ2) is 13.0. The Morgan fingerprint density at radius 1 is 0.947 bits per heavy atom. The zero-order valence-corrected chi connectivity index (χ0v) is 22.4. The Hall–Kier alpha value is -3.92. The van der Waals surface area contributed by atoms with Crippen LogP contribution >= 0.6 is 0 Å². The van der Waals surface area contributed by atoms with Crippen molar-refractivity contribution in [3.05, 3.63) is 90.2 Å². The lowest BCUT2D eigenvalue weighted by molar-refractivity contribution is -0.140. The molecule has 0 heterocycles. The number of likely N-dealkylation sites (N-methyl/N-ethyl adjacent to an activating group) is 1. The van der Waals surface area contributed by atoms with E-state index in [9.17, 15) is 22.4 Å². The second-order valence-corrected chi connectivity index (χ2v) is 10.3. The maximum Gasteiger partial charge on any atom is 0.264 e. The predicted molar refractivity (Wildman–Crippen MR) is 144 cm³/mol. The maximum absolute atomic E-state index is 13.8. The van der Waals surface area contributed by atoms with Crippen molar-refractivity contribution < 1.29 is 27.1 Å². The monoisotopic (exact) mass is 541 g/mol. The third-order valence-electron chi connectivity index (χ3n) is 5.94. The lowest BCUT2D eigenvalue weighted by Crippen LogP contribution is -2.51. The summed E-state index contributed by atoms with van der Waals surface area (Å²) >= 11 is 0. The summed E-state index contributed by atoms with van der Waals surface area (Å²) in [5.74, 6) is -0.844. The average molecular weight is 542 g/mol. The summed E-state index contributed by atoms with van der Waals surface area (Å²) in [5.41, 5.74) is 0.862. The van der Waals surface area contributed by atoms with Gasteiger partial charge in [-0.3, -0.25) is 13.9 Å². The maximum atomic E-state index is 13.8. The number of benzene rings is 3. The molecule has 202 valence electrons. The minimum absolute atomic E-state index is 0.00641. The van der Waals surface area contributed by atoms with E-state index in [-0.39, 0.29) is 23.0 Å². The van der Waals surface area contributed by atoms with Gasteiger partial charge in [-0.05, 0) is 67.4 Å². The highest BCUT2D eigenvalue weighted by Gasteiger charge is 2.33. The Labute approximate surface area is 223 Å². The SMILES string of the molecule is CCOc1ccc(N(CC(=O)N(Cc2ccc(F)cc2)C(CC)C(=O)NC)S(=O)(=O)c2ccccc2)cc1. The van der Waals surface area contributed by atoms with Gasteiger partial charge in [0.05, 0.1) is 17.2 Å². The number of nitrogens with one attached hydrogen (secondary N) is 1. The number of rotatable bonds is 12. The molecular weight excluding hydrogens is 509 g/mol. The number of amides is 2. The fourth-order valence-electron chi connectivity index (χ4n) is 4.00. The fraction of sp³-hybridized carbons (Fsp3) is 0.286. The Morgan fingerprint density at radius 2 is 1.58 bits per heavy atom. The summed E-state index contributed by atoms with van der Waals surface area (Å²) in [6.07, 6.45) is 0.293. The molecule has 0 aliphatic carbocycles. The van der Waals surface area contributed by atoms with Crippen molar-refractivity contribution in [1.82, 2.24) is 10.2 Å². The van der Waals surface area contributed by atoms with Crippen LogP contribution in [-0.2, 0) is 26.2 Å². The van der Waals surface area contributed by atoms with E-state index in [1.54, 1.807) is 49.4 Å². The molecule has 1 atom stereocenters. The lowest BCUT2D eigenvalue weighted by Gasteiger charge is -2.33. The molecule has 0 radical (unpaired) electrons. The summed E-state index contributed by atoms with van der Waals surface area (Å²) < 4.78 is 47.4. The van der Waals surface area contributed by atoms with Gasteiger partial charge >= 0.3 is 0 Å². The van der Waals surface area contributed by atoms with Crippen molar-refractivity contribution in [2.24, 2.45) is 0 Å². The van der Waals surface area contributed by atoms with Crippen molar-refractivity contribution in [3.63, 3.8) is 0 Å². The highest BCUT2D eigenvalue weighted by atomic mass is 32.2. The van der Waals surface area contributed by atoms with Crippen molar-refractivity contribution in [3.8, 4) is 5.75 Å². The molecule has 3 aromatic carbocycles. The van der Waals surface area contributed by atoms with Gasteiger partial charge in [0.2, 0.25) is 11.8 Å². The molecule has 0 saturated carbocycles. The quantitative estimate of drug-likeness (QED) is 0.374. The fourth-order valence-corrected chi connectivity index (χ4v) is 5.43. The van der Waals surface area contributed by atoms with Crippen LogP contribution in [0.2, 0.25) is 0 Å². The van der Waals surface area contributed by atoms with Gasteiger partial charge in [-0.15, -0.1) is 0 Å². The van der Waals surface area contributed by atoms with E-state index >= 15 is 0 Å². The highest BCUT2D eigenvalue weighted by Crippen LogP contribution is 2.27. The number of hydrogen-bond acceptors (Lipinski definition) is 5. The van der Waals surface area contributed by atoms with Crippen molar-refractivity contribution in [1.29, 1.82) is 0 Å². The van der Waals surface area contributed by atoms with E-state index in [0.29, 0.717) is 24.3 Å². The third kappa shape index (κ3) is 6.89. The van der Waals surface area contributed by atoms with E-state index < -0.39 is 34.3 Å². The second-order valence-electron chi connectivity index (χ2n) is 8.44. The highest BCUT2D eigenvalue weighted by molar-refractivity contribution is 7.92. The van der Waals surface area contributed by atoms with Gasteiger partial charge in [-0.1, -0.05) is 37.3 Å². The van der Waals surface area contributed by atoms with E-state index in [0.717, 1.165) is 4.31 Å². The summed E-state index contributed by atoms with van der Waals surface area (Å²) in [4.78, 5) is 27.8. The van der Waals surface area contributed by atoms with Crippen molar-refractivity contribution >= 4 is 27.5 Å². The van der Waals surface area contributed by atoms with Crippen LogP contribution in [0.1, 0.15) is 25.8 Å². The van der Waals surface area contributed by atoms with Gasteiger partial charge < -0.3 is 15.0 Å². The molecule has 3 rings (SSSR count). The number of halogens is 1. The average Bonchev–Trinajstić information content (AvgIpc) is 2.93. The first-order valence-electron chi connectivity index (χ1n) is 12.3. The molecule has 1 unspecified atom stereocenters. The lowest BCUT2D eigenvalue weighted by atomic mass is 10.1. The Balaban J connectivity index is 2.03. The molecular formula is C28H32FN3O5S. The molecule has 8 nitrogen and oxygen atoms in total. The molecule has 0 aliphatic heterocycles. The molecule has 38 heavy (non-hydrogen) atoms. The van der Waals surface area contributed by atoms with E-state index in [1.165, 1.54) is 48.3 Å². The standard InChI is InChI=1S/C28H32FN3O5S/c1-4-26(28(34)30-3)31(19-21-11-13-22(29)14-12-21)27(33)20-32(23-15-17-24(18-16-23)37-5-2)38(35,36)25-9-7-6-8-10-25/h6-18,26H,4-5,19-20H2,1-3H3,(H,30,34). The van der Waals surface area contributed by atoms with Crippen molar-refractivity contribution in [2.45, 2.75) is 37.8 Å². The Kier molecular flexibility index (Phi) is 9.84. The van der Waals surface area contributed by atoms with Gasteiger partial charge in [0.25, 0.3) is 10.0 Å². The first kappa shape index (κ1) is 28.6. The van der Waals surface area contributed by atoms with E-state index in [1.807, 2.05) is 6.92 Å². The Morgan fingerprint density at radius 3 is 2.13 bits per heavy atom. The van der Waals surface area contributed by atoms with E-state index in [2.05, 4.69) is 5.32 Å². The first-order chi connectivity index (χ1) is 18.2. The number of sulfonamides is 1. The molecule has 0 saturated heterocycles. The summed E-state index contributed by atoms with van der Waals surface area (Å²) in [5, 5.41) is 2.57. The molecule has 0 spiro atoms. The largest absolute Gasteiger partial charge is 0.494 e. The smallest absolute Gasteiger partial charge is 0.264 e. The zero-order valence-electron chi connectivity index (χ0n) is 21.6. The first-order valence-corrected chi connectivity index (χ1v) is 13.7. The zero-order chi connectivity index (χ0) is 27.7. The Bertz CT molecular complexity index is 1320. The van der Waals surface area contributed by atoms with Crippen molar-refractivity contribution in [2.75, 3.05) is 24.5 Å². The minimum atomic E-state index is -4.15. The topological polar surface area (TPSA) is 96.0 Å². The minimum Gasteiger partial charge on any atom is -0.494 e. The molecule has 0 aromatic heterocycles. The molecule has 0 fully saturated rings. The van der Waals surface area contributed by atoms with Crippen LogP contribution in [-0.4, -0.2) is 51.4 Å². The molecule has 0 aliphatic rings. The van der Waals surface area contributed by atoms with Gasteiger partial charge in [-0.2, -0.15) is 0 Å². The van der Waals surface area contributed by atoms with Gasteiger partial charge in [-0.25, -0.2) is 12.8 Å². The van der Waals surface area contributed by atoms with Gasteiger partial charge in [0.15, 0.2) is 0 Å². The van der Waals surface area contributed by atoms with Gasteiger partial charge in [0, 0.05) is 13.6 Å². The third-order valence-corrected chi connectivity index (χ3v) is 7.73.